The number of allylic oxidation sites excluding steroid dienone is 2. The maximum absolute atomic E-state index is 4.78. The van der Waals surface area contributed by atoms with Gasteiger partial charge in [0, 0.05) is 13.5 Å². The number of aromatic nitrogens is 3. The molecule has 1 aromatic heterocycles. The van der Waals surface area contributed by atoms with Gasteiger partial charge in [-0.1, -0.05) is 33.8 Å². The number of hydrogen-bond acceptors (Lipinski definition) is 2. The normalized spacial score (nSPS) is 12.0. The van der Waals surface area contributed by atoms with E-state index in [1.807, 2.05) is 14.0 Å². The minimum Gasteiger partial charge on any atom is -0.257 e. The highest BCUT2D eigenvalue weighted by Crippen LogP contribution is 2.09. The van der Waals surface area contributed by atoms with E-state index in [0.717, 1.165) is 25.2 Å². The van der Waals surface area contributed by atoms with Gasteiger partial charge in [0.2, 0.25) is 0 Å². The summed E-state index contributed by atoms with van der Waals surface area (Å²) in [4.78, 5) is 0. The monoisotopic (exact) mass is 265 g/mol. The first kappa shape index (κ1) is 15.7. The first-order valence-corrected chi connectivity index (χ1v) is 7.29. The molecule has 0 aliphatic rings. The molecule has 0 unspecified atom stereocenters. The Morgan fingerprint density at radius 3 is 2.32 bits per heavy atom. The Morgan fingerprint density at radius 2 is 1.84 bits per heavy atom. The third kappa shape index (κ3) is 4.37. The minimum absolute atomic E-state index is 0.608. The molecule has 1 N–H and O–H groups in total. The Hall–Kier alpha value is -1.32. The zero-order valence-electron chi connectivity index (χ0n) is 13.3. The summed E-state index contributed by atoms with van der Waals surface area (Å²) in [7, 11) is 1.97. The van der Waals surface area contributed by atoms with Crippen molar-refractivity contribution in [2.24, 2.45) is 11.8 Å². The molecule has 0 saturated carbocycles. The van der Waals surface area contributed by atoms with Gasteiger partial charge in [0.15, 0.2) is 0 Å². The van der Waals surface area contributed by atoms with Gasteiger partial charge in [0.25, 0.3) is 5.82 Å². The van der Waals surface area contributed by atoms with Crippen molar-refractivity contribution in [1.82, 2.24) is 9.77 Å². The van der Waals surface area contributed by atoms with Gasteiger partial charge in [-0.15, -0.1) is 9.36 Å². The highest BCUT2D eigenvalue weighted by atomic mass is 15.5. The fourth-order valence-corrected chi connectivity index (χ4v) is 2.17. The van der Waals surface area contributed by atoms with Crippen molar-refractivity contribution >= 4 is 0 Å². The molecule has 0 radical (unpaired) electrons. The second-order valence-corrected chi connectivity index (χ2v) is 5.84. The van der Waals surface area contributed by atoms with E-state index in [2.05, 4.69) is 54.6 Å². The third-order valence-electron chi connectivity index (χ3n) is 2.97. The number of nitrogens with zero attached hydrogens (tertiary/aromatic N) is 3. The number of hydrogen-bond donors (Lipinski definition) is 1. The van der Waals surface area contributed by atoms with Gasteiger partial charge < -0.3 is 0 Å². The fourth-order valence-electron chi connectivity index (χ4n) is 2.17. The molecule has 0 aliphatic carbocycles. The van der Waals surface area contributed by atoms with E-state index in [4.69, 9.17) is 5.10 Å². The van der Waals surface area contributed by atoms with Crippen LogP contribution < -0.4 is 10.1 Å². The smallest absolute Gasteiger partial charge is 0.257 e. The van der Waals surface area contributed by atoms with Gasteiger partial charge in [0.05, 0.1) is 6.42 Å². The molecule has 1 rings (SSSR count). The predicted molar refractivity (Wildman–Crippen MR) is 79.6 cm³/mol. The zero-order chi connectivity index (χ0) is 14.4. The summed E-state index contributed by atoms with van der Waals surface area (Å²) < 4.78 is 4.28. The SMILES string of the molecule is CC=CC[n+]1nc(CC(C)C)n(NC)c1CC(C)C. The van der Waals surface area contributed by atoms with Crippen LogP contribution in [0.1, 0.15) is 46.3 Å². The molecule has 1 heterocycles. The molecule has 0 bridgehead atoms. The van der Waals surface area contributed by atoms with E-state index in [9.17, 15) is 0 Å². The lowest BCUT2D eigenvalue weighted by molar-refractivity contribution is -0.750. The van der Waals surface area contributed by atoms with Crippen molar-refractivity contribution in [3.8, 4) is 0 Å². The molecule has 0 fully saturated rings. The van der Waals surface area contributed by atoms with Gasteiger partial charge in [-0.25, -0.2) is 0 Å². The second kappa shape index (κ2) is 7.31. The van der Waals surface area contributed by atoms with Crippen LogP contribution >= 0.6 is 0 Å². The van der Waals surface area contributed by atoms with Crippen LogP contribution in [0.25, 0.3) is 0 Å². The predicted octanol–water partition coefficient (Wildman–Crippen LogP) is 2.32. The summed E-state index contributed by atoms with van der Waals surface area (Å²) in [5.74, 6) is 3.60. The molecule has 0 atom stereocenters. The molecular weight excluding hydrogens is 236 g/mol. The Balaban J connectivity index is 3.15. The largest absolute Gasteiger partial charge is 0.302 e. The molecule has 4 nitrogen and oxygen atoms in total. The van der Waals surface area contributed by atoms with Crippen molar-refractivity contribution in [1.29, 1.82) is 0 Å². The van der Waals surface area contributed by atoms with E-state index in [1.165, 1.54) is 5.82 Å². The van der Waals surface area contributed by atoms with E-state index in [1.54, 1.807) is 0 Å². The fraction of sp³-hybridized carbons (Fsp3) is 0.733. The molecule has 0 amide bonds. The van der Waals surface area contributed by atoms with Crippen LogP contribution in [0.5, 0.6) is 0 Å². The van der Waals surface area contributed by atoms with Gasteiger partial charge in [0.1, 0.15) is 6.54 Å². The lowest BCUT2D eigenvalue weighted by Gasteiger charge is -2.05. The van der Waals surface area contributed by atoms with Crippen LogP contribution in [-0.2, 0) is 19.4 Å². The molecular formula is C15H29N4+. The Bertz CT molecular complexity index is 416. The minimum atomic E-state index is 0.608. The Labute approximate surface area is 117 Å². The lowest BCUT2D eigenvalue weighted by atomic mass is 10.1. The second-order valence-electron chi connectivity index (χ2n) is 5.84. The van der Waals surface area contributed by atoms with Crippen molar-refractivity contribution in [2.75, 3.05) is 12.5 Å². The average Bonchev–Trinajstić information content (AvgIpc) is 2.62. The summed E-state index contributed by atoms with van der Waals surface area (Å²) in [6.45, 7) is 11.8. The topological polar surface area (TPSA) is 33.7 Å². The average molecular weight is 265 g/mol. The quantitative estimate of drug-likeness (QED) is 0.606. The first-order valence-electron chi connectivity index (χ1n) is 7.29. The van der Waals surface area contributed by atoms with Gasteiger partial charge in [-0.05, 0) is 29.9 Å². The molecule has 1 aromatic rings. The molecule has 0 aromatic carbocycles. The highest BCUT2D eigenvalue weighted by Gasteiger charge is 2.25. The Morgan fingerprint density at radius 1 is 1.21 bits per heavy atom. The summed E-state index contributed by atoms with van der Waals surface area (Å²) >= 11 is 0. The van der Waals surface area contributed by atoms with Crippen molar-refractivity contribution < 1.29 is 4.68 Å². The zero-order valence-corrected chi connectivity index (χ0v) is 13.3. The van der Waals surface area contributed by atoms with Crippen molar-refractivity contribution in [3.05, 3.63) is 23.8 Å². The van der Waals surface area contributed by atoms with Crippen LogP contribution in [0, 0.1) is 11.8 Å². The van der Waals surface area contributed by atoms with Crippen LogP contribution in [-0.4, -0.2) is 16.8 Å². The van der Waals surface area contributed by atoms with Crippen LogP contribution in [0.15, 0.2) is 12.2 Å². The third-order valence-corrected chi connectivity index (χ3v) is 2.97. The van der Waals surface area contributed by atoms with Gasteiger partial charge in [-0.3, -0.25) is 5.43 Å². The first-order chi connectivity index (χ1) is 8.99. The summed E-state index contributed by atoms with van der Waals surface area (Å²) in [6.07, 6.45) is 6.25. The number of rotatable bonds is 7. The maximum Gasteiger partial charge on any atom is 0.302 e. The molecule has 19 heavy (non-hydrogen) atoms. The van der Waals surface area contributed by atoms with Crippen LogP contribution in [0.4, 0.5) is 0 Å². The van der Waals surface area contributed by atoms with Crippen LogP contribution in [0.3, 0.4) is 0 Å². The van der Waals surface area contributed by atoms with E-state index < -0.39 is 0 Å². The molecule has 4 heteroatoms. The lowest BCUT2D eigenvalue weighted by Crippen LogP contribution is -2.41. The van der Waals surface area contributed by atoms with Crippen LogP contribution in [0.2, 0.25) is 0 Å². The summed E-state index contributed by atoms with van der Waals surface area (Å²) in [5.41, 5.74) is 3.28. The number of nitrogens with one attached hydrogen (secondary N) is 1. The van der Waals surface area contributed by atoms with Crippen molar-refractivity contribution in [3.63, 3.8) is 0 Å². The molecule has 0 spiro atoms. The van der Waals surface area contributed by atoms with E-state index in [0.29, 0.717) is 11.8 Å². The van der Waals surface area contributed by atoms with Gasteiger partial charge >= 0.3 is 5.82 Å². The summed E-state index contributed by atoms with van der Waals surface area (Å²) in [6, 6.07) is 0. The van der Waals surface area contributed by atoms with Gasteiger partial charge in [-0.2, -0.15) is 0 Å². The molecule has 108 valence electrons. The molecule has 0 saturated heterocycles. The highest BCUT2D eigenvalue weighted by molar-refractivity contribution is 4.96. The summed E-state index contributed by atoms with van der Waals surface area (Å²) in [5, 5.41) is 4.78. The standard InChI is InChI=1S/C15H29N4/c1-7-8-9-18-15(11-13(4)5)19(16-6)14(17-18)10-12(2)3/h7-8,12-13,16H,9-11H2,1-6H3/q+1. The Kier molecular flexibility index (Phi) is 6.06. The van der Waals surface area contributed by atoms with Crippen molar-refractivity contribution in [2.45, 2.75) is 54.0 Å². The van der Waals surface area contributed by atoms with E-state index in [-0.39, 0.29) is 0 Å². The van der Waals surface area contributed by atoms with E-state index >= 15 is 0 Å². The molecule has 0 aliphatic heterocycles. The maximum atomic E-state index is 4.78.